The molecule has 0 saturated carbocycles. The summed E-state index contributed by atoms with van der Waals surface area (Å²) in [4.78, 5) is 14.2. The molecule has 1 amide bonds. The molecular weight excluding hydrogens is 271 g/mol. The van der Waals surface area contributed by atoms with Crippen molar-refractivity contribution < 1.29 is 13.9 Å². The molecule has 0 radical (unpaired) electrons. The van der Waals surface area contributed by atoms with Gasteiger partial charge in [0.2, 0.25) is 0 Å². The second kappa shape index (κ2) is 5.54. The Balaban J connectivity index is 1.94. The van der Waals surface area contributed by atoms with E-state index in [4.69, 9.17) is 10.5 Å². The fourth-order valence-electron chi connectivity index (χ4n) is 2.35. The van der Waals surface area contributed by atoms with Crippen LogP contribution in [-0.2, 0) is 6.54 Å². The molecule has 1 aliphatic rings. The van der Waals surface area contributed by atoms with Crippen molar-refractivity contribution in [3.8, 4) is 5.75 Å². The Kier molecular flexibility index (Phi) is 3.58. The van der Waals surface area contributed by atoms with Crippen LogP contribution in [0.1, 0.15) is 15.9 Å². The largest absolute Gasteiger partial charge is 0.490 e. The molecule has 0 spiro atoms. The van der Waals surface area contributed by atoms with E-state index in [0.29, 0.717) is 36.7 Å². The lowest BCUT2D eigenvalue weighted by Gasteiger charge is -2.30. The summed E-state index contributed by atoms with van der Waals surface area (Å²) < 4.78 is 18.5. The zero-order chi connectivity index (χ0) is 14.8. The molecule has 0 unspecified atom stereocenters. The number of benzene rings is 2. The summed E-state index contributed by atoms with van der Waals surface area (Å²) >= 11 is 0. The number of carbonyl (C=O) groups excluding carboxylic acids is 1. The fraction of sp³-hybridized carbons (Fsp3) is 0.188. The molecule has 0 bridgehead atoms. The highest BCUT2D eigenvalue weighted by Gasteiger charge is 2.24. The first-order valence-corrected chi connectivity index (χ1v) is 6.72. The Hall–Kier alpha value is -2.40. The van der Waals surface area contributed by atoms with Gasteiger partial charge in [-0.25, -0.2) is 4.39 Å². The molecular formula is C16H15FN2O2. The van der Waals surface area contributed by atoms with Gasteiger partial charge in [0.1, 0.15) is 18.2 Å². The first-order chi connectivity index (χ1) is 10.2. The third kappa shape index (κ3) is 2.60. The second-order valence-electron chi connectivity index (χ2n) is 4.82. The van der Waals surface area contributed by atoms with E-state index in [1.807, 2.05) is 18.2 Å². The van der Waals surface area contributed by atoms with Crippen LogP contribution in [-0.4, -0.2) is 19.1 Å². The average molecular weight is 286 g/mol. The maximum absolute atomic E-state index is 13.0. The Bertz CT molecular complexity index is 670. The van der Waals surface area contributed by atoms with Gasteiger partial charge in [-0.1, -0.05) is 6.07 Å². The number of amides is 1. The highest BCUT2D eigenvalue weighted by Crippen LogP contribution is 2.33. The highest BCUT2D eigenvalue weighted by atomic mass is 19.1. The number of carbonyl (C=O) groups is 1. The van der Waals surface area contributed by atoms with E-state index in [9.17, 15) is 9.18 Å². The van der Waals surface area contributed by atoms with Crippen LogP contribution in [0, 0.1) is 5.82 Å². The lowest BCUT2D eigenvalue weighted by atomic mass is 10.1. The number of anilines is 1. The van der Waals surface area contributed by atoms with Crippen LogP contribution in [0.2, 0.25) is 0 Å². The van der Waals surface area contributed by atoms with Gasteiger partial charge in [0, 0.05) is 12.1 Å². The summed E-state index contributed by atoms with van der Waals surface area (Å²) in [5, 5.41) is 0. The zero-order valence-corrected chi connectivity index (χ0v) is 11.4. The summed E-state index contributed by atoms with van der Waals surface area (Å²) in [5.74, 6) is 0.126. The molecule has 0 atom stereocenters. The maximum atomic E-state index is 13.0. The molecule has 3 rings (SSSR count). The Morgan fingerprint density at radius 1 is 1.24 bits per heavy atom. The van der Waals surface area contributed by atoms with E-state index in [2.05, 4.69) is 0 Å². The van der Waals surface area contributed by atoms with Gasteiger partial charge < -0.3 is 15.4 Å². The molecule has 0 aromatic heterocycles. The molecule has 108 valence electrons. The van der Waals surface area contributed by atoms with Crippen molar-refractivity contribution in [2.75, 3.05) is 18.1 Å². The molecule has 0 fully saturated rings. The van der Waals surface area contributed by atoms with E-state index in [1.54, 1.807) is 4.90 Å². The van der Waals surface area contributed by atoms with Gasteiger partial charge in [0.25, 0.3) is 5.91 Å². The summed E-state index contributed by atoms with van der Waals surface area (Å²) in [7, 11) is 0. The zero-order valence-electron chi connectivity index (χ0n) is 11.4. The van der Waals surface area contributed by atoms with Gasteiger partial charge in [0.05, 0.1) is 12.2 Å². The monoisotopic (exact) mass is 286 g/mol. The minimum Gasteiger partial charge on any atom is -0.490 e. The standard InChI is InChI=1S/C16H15FN2O2/c17-13-4-2-12(3-5-13)16(20)19-7-8-21-15-9-11(10-18)1-6-14(15)19/h1-6,9H,7-8,10,18H2. The Morgan fingerprint density at radius 3 is 2.71 bits per heavy atom. The summed E-state index contributed by atoms with van der Waals surface area (Å²) in [6.45, 7) is 1.31. The van der Waals surface area contributed by atoms with Gasteiger partial charge in [-0.3, -0.25) is 4.79 Å². The van der Waals surface area contributed by atoms with Crippen molar-refractivity contribution in [1.82, 2.24) is 0 Å². The van der Waals surface area contributed by atoms with Crippen LogP contribution >= 0.6 is 0 Å². The van der Waals surface area contributed by atoms with Gasteiger partial charge in [0.15, 0.2) is 0 Å². The third-order valence-electron chi connectivity index (χ3n) is 3.46. The van der Waals surface area contributed by atoms with Crippen LogP contribution < -0.4 is 15.4 Å². The number of hydrogen-bond donors (Lipinski definition) is 1. The molecule has 2 aromatic carbocycles. The molecule has 1 heterocycles. The van der Waals surface area contributed by atoms with Crippen molar-refractivity contribution in [3.63, 3.8) is 0 Å². The molecule has 1 aliphatic heterocycles. The van der Waals surface area contributed by atoms with Crippen molar-refractivity contribution in [2.45, 2.75) is 6.54 Å². The van der Waals surface area contributed by atoms with Gasteiger partial charge in [-0.05, 0) is 42.0 Å². The van der Waals surface area contributed by atoms with Crippen LogP contribution in [0.3, 0.4) is 0 Å². The first-order valence-electron chi connectivity index (χ1n) is 6.72. The highest BCUT2D eigenvalue weighted by molar-refractivity contribution is 6.07. The fourth-order valence-corrected chi connectivity index (χ4v) is 2.35. The Labute approximate surface area is 121 Å². The first kappa shape index (κ1) is 13.6. The summed E-state index contributed by atoms with van der Waals surface area (Å²) in [6.07, 6.45) is 0. The molecule has 2 aromatic rings. The number of rotatable bonds is 2. The Morgan fingerprint density at radius 2 is 2.00 bits per heavy atom. The SMILES string of the molecule is NCc1ccc2c(c1)OCCN2C(=O)c1ccc(F)cc1. The van der Waals surface area contributed by atoms with Gasteiger partial charge in [-0.15, -0.1) is 0 Å². The van der Waals surface area contributed by atoms with E-state index < -0.39 is 0 Å². The van der Waals surface area contributed by atoms with Crippen molar-refractivity contribution in [1.29, 1.82) is 0 Å². The number of hydrogen-bond acceptors (Lipinski definition) is 3. The molecule has 2 N–H and O–H groups in total. The minimum atomic E-state index is -0.360. The average Bonchev–Trinajstić information content (AvgIpc) is 2.53. The number of nitrogens with zero attached hydrogens (tertiary/aromatic N) is 1. The second-order valence-corrected chi connectivity index (χ2v) is 4.82. The number of halogens is 1. The maximum Gasteiger partial charge on any atom is 0.258 e. The van der Waals surface area contributed by atoms with Gasteiger partial charge in [-0.2, -0.15) is 0 Å². The summed E-state index contributed by atoms with van der Waals surface area (Å²) in [5.41, 5.74) is 7.73. The van der Waals surface area contributed by atoms with Crippen molar-refractivity contribution in [2.24, 2.45) is 5.73 Å². The van der Waals surface area contributed by atoms with Crippen LogP contribution in [0.25, 0.3) is 0 Å². The van der Waals surface area contributed by atoms with E-state index in [1.165, 1.54) is 24.3 Å². The molecule has 0 saturated heterocycles. The van der Waals surface area contributed by atoms with Crippen LogP contribution in [0.15, 0.2) is 42.5 Å². The lowest BCUT2D eigenvalue weighted by Crippen LogP contribution is -2.38. The normalized spacial score (nSPS) is 13.5. The van der Waals surface area contributed by atoms with Gasteiger partial charge >= 0.3 is 0 Å². The lowest BCUT2D eigenvalue weighted by molar-refractivity contribution is 0.0976. The van der Waals surface area contributed by atoms with E-state index in [-0.39, 0.29) is 11.7 Å². The van der Waals surface area contributed by atoms with E-state index >= 15 is 0 Å². The number of fused-ring (bicyclic) bond motifs is 1. The quantitative estimate of drug-likeness (QED) is 0.921. The van der Waals surface area contributed by atoms with Crippen molar-refractivity contribution in [3.05, 3.63) is 59.4 Å². The predicted molar refractivity (Wildman–Crippen MR) is 77.9 cm³/mol. The molecule has 5 heteroatoms. The minimum absolute atomic E-state index is 0.167. The molecule has 4 nitrogen and oxygen atoms in total. The predicted octanol–water partition coefficient (Wildman–Crippen LogP) is 2.32. The summed E-state index contributed by atoms with van der Waals surface area (Å²) in [6, 6.07) is 11.1. The number of ether oxygens (including phenoxy) is 1. The third-order valence-corrected chi connectivity index (χ3v) is 3.46. The van der Waals surface area contributed by atoms with Crippen LogP contribution in [0.4, 0.5) is 10.1 Å². The smallest absolute Gasteiger partial charge is 0.258 e. The molecule has 0 aliphatic carbocycles. The van der Waals surface area contributed by atoms with Crippen LogP contribution in [0.5, 0.6) is 5.75 Å². The molecule has 21 heavy (non-hydrogen) atoms. The van der Waals surface area contributed by atoms with E-state index in [0.717, 1.165) is 5.56 Å². The van der Waals surface area contributed by atoms with Crippen molar-refractivity contribution >= 4 is 11.6 Å². The number of nitrogens with two attached hydrogens (primary N) is 1. The topological polar surface area (TPSA) is 55.6 Å².